The van der Waals surface area contributed by atoms with Crippen LogP contribution in [0.25, 0.3) is 10.9 Å². The molecule has 0 radical (unpaired) electrons. The largest absolute Gasteiger partial charge is 0.381 e. The van der Waals surface area contributed by atoms with Crippen LogP contribution in [-0.4, -0.2) is 67.6 Å². The van der Waals surface area contributed by atoms with E-state index in [1.807, 2.05) is 60.7 Å². The number of amides is 3. The summed E-state index contributed by atoms with van der Waals surface area (Å²) in [5.74, 6) is -1.21. The fourth-order valence-corrected chi connectivity index (χ4v) is 5.61. The van der Waals surface area contributed by atoms with Crippen molar-refractivity contribution in [3.63, 3.8) is 0 Å². The monoisotopic (exact) mass is 540 g/mol. The number of aromatic amines is 2. The van der Waals surface area contributed by atoms with E-state index in [0.717, 1.165) is 29.3 Å². The van der Waals surface area contributed by atoms with Crippen LogP contribution in [0, 0.1) is 5.41 Å². The van der Waals surface area contributed by atoms with Gasteiger partial charge in [0.05, 0.1) is 11.7 Å². The van der Waals surface area contributed by atoms with E-state index in [2.05, 4.69) is 25.8 Å². The molecule has 1 aliphatic carbocycles. The lowest BCUT2D eigenvalue weighted by Gasteiger charge is -2.28. The summed E-state index contributed by atoms with van der Waals surface area (Å²) in [6, 6.07) is 18.9. The van der Waals surface area contributed by atoms with Gasteiger partial charge in [0.25, 0.3) is 11.8 Å². The second kappa shape index (κ2) is 10.6. The molecular formula is C30H32N6O4. The number of likely N-dealkylation sites (tertiary alicyclic amines) is 1. The number of nitrogens with zero attached hydrogens (tertiary/aromatic N) is 2. The summed E-state index contributed by atoms with van der Waals surface area (Å²) in [6.45, 7) is 0.751. The number of rotatable bonds is 9. The molecule has 10 nitrogen and oxygen atoms in total. The highest BCUT2D eigenvalue weighted by Gasteiger charge is 2.55. The third-order valence-electron chi connectivity index (χ3n) is 8.06. The highest BCUT2D eigenvalue weighted by molar-refractivity contribution is 6.00. The lowest BCUT2D eigenvalue weighted by Crippen LogP contribution is -2.55. The van der Waals surface area contributed by atoms with Crippen LogP contribution in [0.15, 0.2) is 72.9 Å². The molecule has 40 heavy (non-hydrogen) atoms. The SMILES string of the molecule is O=C(NCc1ccccc1)C(O)[C@H](Cc1cc[nH]n1)NC(=O)[C@@H]1CC2(CC2)CN1C(=O)c1cc2ccccc2[nH]1. The van der Waals surface area contributed by atoms with Gasteiger partial charge in [0, 0.05) is 36.6 Å². The van der Waals surface area contributed by atoms with Gasteiger partial charge in [0.1, 0.15) is 11.7 Å². The van der Waals surface area contributed by atoms with E-state index < -0.39 is 24.1 Å². The van der Waals surface area contributed by atoms with Crippen LogP contribution in [0.5, 0.6) is 0 Å². The molecule has 0 bridgehead atoms. The summed E-state index contributed by atoms with van der Waals surface area (Å²) in [5, 5.41) is 24.5. The van der Waals surface area contributed by atoms with E-state index in [-0.39, 0.29) is 30.2 Å². The molecule has 1 saturated heterocycles. The minimum absolute atomic E-state index is 0.0486. The zero-order valence-corrected chi connectivity index (χ0v) is 22.0. The number of aliphatic hydroxyl groups is 1. The molecule has 2 aliphatic rings. The van der Waals surface area contributed by atoms with Crippen molar-refractivity contribution in [1.82, 2.24) is 30.7 Å². The van der Waals surface area contributed by atoms with Crippen LogP contribution in [0.4, 0.5) is 0 Å². The van der Waals surface area contributed by atoms with Crippen LogP contribution in [-0.2, 0) is 22.6 Å². The fraction of sp³-hybridized carbons (Fsp3) is 0.333. The van der Waals surface area contributed by atoms with Crippen molar-refractivity contribution >= 4 is 28.6 Å². The number of benzene rings is 2. The van der Waals surface area contributed by atoms with Crippen molar-refractivity contribution in [2.24, 2.45) is 5.41 Å². The van der Waals surface area contributed by atoms with Gasteiger partial charge < -0.3 is 25.6 Å². The number of para-hydroxylation sites is 1. The summed E-state index contributed by atoms with van der Waals surface area (Å²) in [7, 11) is 0. The summed E-state index contributed by atoms with van der Waals surface area (Å²) in [5.41, 5.74) is 2.73. The maximum Gasteiger partial charge on any atom is 0.271 e. The van der Waals surface area contributed by atoms with Gasteiger partial charge in [-0.05, 0) is 48.4 Å². The van der Waals surface area contributed by atoms with Gasteiger partial charge >= 0.3 is 0 Å². The quantitative estimate of drug-likeness (QED) is 0.221. The maximum atomic E-state index is 13.7. The normalized spacial score (nSPS) is 18.9. The van der Waals surface area contributed by atoms with E-state index in [1.54, 1.807) is 17.2 Å². The molecule has 1 aliphatic heterocycles. The van der Waals surface area contributed by atoms with Crippen molar-refractivity contribution < 1.29 is 19.5 Å². The topological polar surface area (TPSA) is 143 Å². The predicted octanol–water partition coefficient (Wildman–Crippen LogP) is 2.29. The highest BCUT2D eigenvalue weighted by Crippen LogP contribution is 2.55. The third kappa shape index (κ3) is 5.35. The molecule has 1 saturated carbocycles. The molecular weight excluding hydrogens is 508 g/mol. The van der Waals surface area contributed by atoms with Crippen molar-refractivity contribution in [3.8, 4) is 0 Å². The number of aromatic nitrogens is 3. The Labute approximate surface area is 231 Å². The molecule has 6 rings (SSSR count). The van der Waals surface area contributed by atoms with Gasteiger partial charge in [0.15, 0.2) is 6.10 Å². The number of carbonyl (C=O) groups is 3. The zero-order chi connectivity index (χ0) is 27.7. The van der Waals surface area contributed by atoms with Gasteiger partial charge in [-0.2, -0.15) is 5.10 Å². The summed E-state index contributed by atoms with van der Waals surface area (Å²) >= 11 is 0. The Bertz CT molecular complexity index is 1480. The predicted molar refractivity (Wildman–Crippen MR) is 148 cm³/mol. The van der Waals surface area contributed by atoms with Gasteiger partial charge in [-0.25, -0.2) is 0 Å². The Morgan fingerprint density at radius 3 is 2.58 bits per heavy atom. The van der Waals surface area contributed by atoms with Crippen LogP contribution >= 0.6 is 0 Å². The second-order valence-corrected chi connectivity index (χ2v) is 11.0. The lowest BCUT2D eigenvalue weighted by molar-refractivity contribution is -0.133. The number of hydrogen-bond acceptors (Lipinski definition) is 5. The lowest BCUT2D eigenvalue weighted by atomic mass is 10.0. The summed E-state index contributed by atoms with van der Waals surface area (Å²) < 4.78 is 0. The van der Waals surface area contributed by atoms with E-state index in [0.29, 0.717) is 24.4 Å². The molecule has 5 N–H and O–H groups in total. The maximum absolute atomic E-state index is 13.7. The molecule has 206 valence electrons. The van der Waals surface area contributed by atoms with Crippen molar-refractivity contribution in [1.29, 1.82) is 0 Å². The summed E-state index contributed by atoms with van der Waals surface area (Å²) in [6.07, 6.45) is 2.76. The molecule has 1 unspecified atom stereocenters. The molecule has 10 heteroatoms. The Hall–Kier alpha value is -4.44. The standard InChI is InChI=1S/C30H32N6O4/c37-26(28(39)31-17-19-6-2-1-3-7-19)23(15-21-10-13-32-35-21)34-27(38)25-16-30(11-12-30)18-36(25)29(40)24-14-20-8-4-5-9-22(20)33-24/h1-10,13-14,23,25-26,33,37H,11-12,15-18H2,(H,31,39)(H,32,35)(H,34,38)/t23-,25-,26?/m0/s1. The van der Waals surface area contributed by atoms with E-state index in [4.69, 9.17) is 0 Å². The molecule has 2 aromatic carbocycles. The molecule has 3 amide bonds. The highest BCUT2D eigenvalue weighted by atomic mass is 16.3. The Balaban J connectivity index is 1.19. The van der Waals surface area contributed by atoms with Crippen molar-refractivity contribution in [3.05, 3.63) is 89.9 Å². The van der Waals surface area contributed by atoms with Gasteiger partial charge in [-0.3, -0.25) is 19.5 Å². The Morgan fingerprint density at radius 2 is 1.85 bits per heavy atom. The first-order chi connectivity index (χ1) is 19.4. The molecule has 3 heterocycles. The van der Waals surface area contributed by atoms with Crippen LogP contribution < -0.4 is 10.6 Å². The number of hydrogen-bond donors (Lipinski definition) is 5. The molecule has 4 aromatic rings. The molecule has 2 fully saturated rings. The third-order valence-corrected chi connectivity index (χ3v) is 8.06. The van der Waals surface area contributed by atoms with E-state index in [1.165, 1.54) is 0 Å². The summed E-state index contributed by atoms with van der Waals surface area (Å²) in [4.78, 5) is 45.1. The Kier molecular flexibility index (Phi) is 6.85. The average molecular weight is 541 g/mol. The van der Waals surface area contributed by atoms with Gasteiger partial charge in [-0.15, -0.1) is 0 Å². The van der Waals surface area contributed by atoms with Crippen molar-refractivity contribution in [2.75, 3.05) is 6.54 Å². The zero-order valence-electron chi connectivity index (χ0n) is 22.0. The average Bonchev–Trinajstić information content (AvgIpc) is 3.33. The number of fused-ring (bicyclic) bond motifs is 1. The second-order valence-electron chi connectivity index (χ2n) is 11.0. The smallest absolute Gasteiger partial charge is 0.271 e. The number of aliphatic hydroxyl groups excluding tert-OH is 1. The first-order valence-electron chi connectivity index (χ1n) is 13.6. The minimum Gasteiger partial charge on any atom is -0.381 e. The van der Waals surface area contributed by atoms with Crippen LogP contribution in [0.3, 0.4) is 0 Å². The Morgan fingerprint density at radius 1 is 1.07 bits per heavy atom. The number of H-pyrrole nitrogens is 2. The van der Waals surface area contributed by atoms with E-state index in [9.17, 15) is 19.5 Å². The van der Waals surface area contributed by atoms with Crippen molar-refractivity contribution in [2.45, 2.75) is 50.4 Å². The number of nitrogens with one attached hydrogen (secondary N) is 4. The minimum atomic E-state index is -1.52. The molecule has 1 spiro atoms. The number of carbonyl (C=O) groups excluding carboxylic acids is 3. The molecule has 3 atom stereocenters. The van der Waals surface area contributed by atoms with Crippen LogP contribution in [0.2, 0.25) is 0 Å². The molecule has 2 aromatic heterocycles. The first kappa shape index (κ1) is 25.8. The van der Waals surface area contributed by atoms with Crippen LogP contribution in [0.1, 0.15) is 41.0 Å². The van der Waals surface area contributed by atoms with Gasteiger partial charge in [-0.1, -0.05) is 48.5 Å². The fourth-order valence-electron chi connectivity index (χ4n) is 5.61. The van der Waals surface area contributed by atoms with Gasteiger partial charge in [0.2, 0.25) is 5.91 Å². The first-order valence-corrected chi connectivity index (χ1v) is 13.6. The van der Waals surface area contributed by atoms with E-state index >= 15 is 0 Å².